The van der Waals surface area contributed by atoms with Crippen LogP contribution in [0.25, 0.3) is 0 Å². The average molecular weight is 453 g/mol. The number of amides is 4. The number of imide groups is 1. The van der Waals surface area contributed by atoms with Crippen LogP contribution in [0.4, 0.5) is 18.0 Å². The van der Waals surface area contributed by atoms with Crippen molar-refractivity contribution < 1.29 is 41.8 Å². The van der Waals surface area contributed by atoms with E-state index < -0.39 is 49.7 Å². The lowest BCUT2D eigenvalue weighted by atomic mass is 10.2. The van der Waals surface area contributed by atoms with Crippen molar-refractivity contribution >= 4 is 23.8 Å². The Kier molecular flexibility index (Phi) is 8.57. The van der Waals surface area contributed by atoms with Crippen LogP contribution in [-0.4, -0.2) is 49.7 Å². The molecule has 2 rings (SSSR count). The number of para-hydroxylation sites is 1. The Labute approximate surface area is 179 Å². The van der Waals surface area contributed by atoms with Crippen molar-refractivity contribution in [3.63, 3.8) is 0 Å². The zero-order valence-corrected chi connectivity index (χ0v) is 16.4. The maximum Gasteiger partial charge on any atom is 0.405 e. The summed E-state index contributed by atoms with van der Waals surface area (Å²) in [5, 5.41) is 5.25. The molecule has 0 aliphatic rings. The molecule has 32 heavy (non-hydrogen) atoms. The summed E-state index contributed by atoms with van der Waals surface area (Å²) < 4.78 is 46.0. The van der Waals surface area contributed by atoms with Crippen LogP contribution in [0.3, 0.4) is 0 Å². The van der Waals surface area contributed by atoms with E-state index in [1.807, 2.05) is 18.2 Å². The number of esters is 1. The predicted octanol–water partition coefficient (Wildman–Crippen LogP) is 2.14. The minimum absolute atomic E-state index is 0.234. The third-order valence-corrected chi connectivity index (χ3v) is 3.56. The molecule has 0 spiro atoms. The molecule has 0 atom stereocenters. The monoisotopic (exact) mass is 453 g/mol. The molecule has 4 amide bonds. The third kappa shape index (κ3) is 9.15. The van der Waals surface area contributed by atoms with Crippen molar-refractivity contribution in [3.8, 4) is 11.5 Å². The standard InChI is InChI=1S/C20H18F3N3O6/c21-20(22,23)12-25-19(30)26-16(27)11-31-17(28)10-24-18(29)13-6-8-15(9-7-13)32-14-4-2-1-3-5-14/h1-9H,10-12H2,(H,24,29)(H2,25,26,27,30). The van der Waals surface area contributed by atoms with E-state index in [0.29, 0.717) is 11.5 Å². The van der Waals surface area contributed by atoms with Crippen LogP contribution >= 0.6 is 0 Å². The molecule has 170 valence electrons. The fraction of sp³-hybridized carbons (Fsp3) is 0.200. The molecule has 0 aromatic heterocycles. The van der Waals surface area contributed by atoms with Crippen molar-refractivity contribution in [3.05, 3.63) is 60.2 Å². The fourth-order valence-electron chi connectivity index (χ4n) is 2.14. The van der Waals surface area contributed by atoms with Gasteiger partial charge in [0.05, 0.1) is 0 Å². The van der Waals surface area contributed by atoms with E-state index in [-0.39, 0.29) is 5.56 Å². The lowest BCUT2D eigenvalue weighted by molar-refractivity contribution is -0.147. The van der Waals surface area contributed by atoms with Crippen LogP contribution in [0.5, 0.6) is 11.5 Å². The van der Waals surface area contributed by atoms with E-state index in [2.05, 4.69) is 10.1 Å². The zero-order valence-electron chi connectivity index (χ0n) is 16.4. The lowest BCUT2D eigenvalue weighted by Gasteiger charge is -2.10. The van der Waals surface area contributed by atoms with Gasteiger partial charge in [0.1, 0.15) is 24.6 Å². The smallest absolute Gasteiger partial charge is 0.405 e. The highest BCUT2D eigenvalue weighted by Gasteiger charge is 2.28. The number of ether oxygens (including phenoxy) is 2. The first-order valence-corrected chi connectivity index (χ1v) is 9.03. The van der Waals surface area contributed by atoms with Crippen LogP contribution in [-0.2, 0) is 14.3 Å². The van der Waals surface area contributed by atoms with Crippen molar-refractivity contribution in [1.29, 1.82) is 0 Å². The first-order chi connectivity index (χ1) is 15.1. The first-order valence-electron chi connectivity index (χ1n) is 9.03. The molecule has 0 aliphatic heterocycles. The van der Waals surface area contributed by atoms with Gasteiger partial charge in [-0.3, -0.25) is 19.7 Å². The molecule has 0 unspecified atom stereocenters. The summed E-state index contributed by atoms with van der Waals surface area (Å²) in [6, 6.07) is 13.7. The van der Waals surface area contributed by atoms with E-state index in [1.165, 1.54) is 17.4 Å². The summed E-state index contributed by atoms with van der Waals surface area (Å²) in [4.78, 5) is 46.1. The Morgan fingerprint density at radius 1 is 0.844 bits per heavy atom. The minimum atomic E-state index is -4.64. The molecule has 12 heteroatoms. The van der Waals surface area contributed by atoms with Gasteiger partial charge in [-0.25, -0.2) is 4.79 Å². The molecule has 2 aromatic carbocycles. The summed E-state index contributed by atoms with van der Waals surface area (Å²) in [5.74, 6) is -1.61. The zero-order chi connectivity index (χ0) is 23.6. The van der Waals surface area contributed by atoms with Crippen LogP contribution in [0.1, 0.15) is 10.4 Å². The predicted molar refractivity (Wildman–Crippen MR) is 104 cm³/mol. The van der Waals surface area contributed by atoms with Gasteiger partial charge in [-0.1, -0.05) is 18.2 Å². The second-order valence-corrected chi connectivity index (χ2v) is 6.13. The highest BCUT2D eigenvalue weighted by Crippen LogP contribution is 2.21. The maximum atomic E-state index is 12.1. The van der Waals surface area contributed by atoms with Crippen molar-refractivity contribution in [2.24, 2.45) is 0 Å². The van der Waals surface area contributed by atoms with Gasteiger partial charge in [0, 0.05) is 5.56 Å². The van der Waals surface area contributed by atoms with Gasteiger partial charge in [0.25, 0.3) is 11.8 Å². The molecule has 0 fully saturated rings. The fourth-order valence-corrected chi connectivity index (χ4v) is 2.14. The number of nitrogens with one attached hydrogen (secondary N) is 3. The minimum Gasteiger partial charge on any atom is -0.457 e. The van der Waals surface area contributed by atoms with E-state index >= 15 is 0 Å². The van der Waals surface area contributed by atoms with E-state index in [9.17, 15) is 32.3 Å². The Balaban J connectivity index is 1.69. The number of carbonyl (C=O) groups is 4. The van der Waals surface area contributed by atoms with Crippen LogP contribution in [0.15, 0.2) is 54.6 Å². The molecule has 0 saturated carbocycles. The quantitative estimate of drug-likeness (QED) is 0.527. The van der Waals surface area contributed by atoms with Crippen molar-refractivity contribution in [1.82, 2.24) is 16.0 Å². The molecule has 0 heterocycles. The van der Waals surface area contributed by atoms with Gasteiger partial charge in [-0.15, -0.1) is 0 Å². The van der Waals surface area contributed by atoms with Gasteiger partial charge < -0.3 is 20.1 Å². The molecule has 0 bridgehead atoms. The third-order valence-electron chi connectivity index (χ3n) is 3.56. The Hall–Kier alpha value is -4.09. The molecule has 9 nitrogen and oxygen atoms in total. The molecule has 0 saturated heterocycles. The Morgan fingerprint density at radius 3 is 2.09 bits per heavy atom. The van der Waals surface area contributed by atoms with Gasteiger partial charge in [-0.2, -0.15) is 13.2 Å². The number of alkyl halides is 3. The van der Waals surface area contributed by atoms with E-state index in [0.717, 1.165) is 0 Å². The van der Waals surface area contributed by atoms with Crippen LogP contribution in [0.2, 0.25) is 0 Å². The number of rotatable bonds is 8. The normalized spacial score (nSPS) is 10.6. The highest BCUT2D eigenvalue weighted by molar-refractivity contribution is 5.97. The Bertz CT molecular complexity index is 949. The summed E-state index contributed by atoms with van der Waals surface area (Å²) in [5.41, 5.74) is 0.234. The van der Waals surface area contributed by atoms with Crippen LogP contribution in [0, 0.1) is 0 Å². The molecule has 2 aromatic rings. The number of urea groups is 1. The van der Waals surface area contributed by atoms with E-state index in [1.54, 1.807) is 29.6 Å². The highest BCUT2D eigenvalue weighted by atomic mass is 19.4. The summed E-state index contributed by atoms with van der Waals surface area (Å²) in [6.45, 7) is -3.12. The SMILES string of the molecule is O=C(COC(=O)CNC(=O)c1ccc(Oc2ccccc2)cc1)NC(=O)NCC(F)(F)F. The molecular weight excluding hydrogens is 435 g/mol. The summed E-state index contributed by atoms with van der Waals surface area (Å²) in [6.07, 6.45) is -4.64. The molecule has 3 N–H and O–H groups in total. The summed E-state index contributed by atoms with van der Waals surface area (Å²) >= 11 is 0. The number of hydrogen-bond acceptors (Lipinski definition) is 6. The number of carbonyl (C=O) groups excluding carboxylic acids is 4. The van der Waals surface area contributed by atoms with Crippen LogP contribution < -0.4 is 20.7 Å². The molecular formula is C20H18F3N3O6. The first kappa shape index (κ1) is 24.2. The maximum absolute atomic E-state index is 12.1. The van der Waals surface area contributed by atoms with Gasteiger partial charge in [-0.05, 0) is 36.4 Å². The average Bonchev–Trinajstić information content (AvgIpc) is 2.75. The van der Waals surface area contributed by atoms with Gasteiger partial charge in [0.15, 0.2) is 6.61 Å². The van der Waals surface area contributed by atoms with Gasteiger partial charge >= 0.3 is 18.2 Å². The molecule has 0 radical (unpaired) electrons. The van der Waals surface area contributed by atoms with Crippen molar-refractivity contribution in [2.45, 2.75) is 6.18 Å². The second kappa shape index (κ2) is 11.3. The number of hydrogen-bond donors (Lipinski definition) is 3. The Morgan fingerprint density at radius 2 is 1.47 bits per heavy atom. The second-order valence-electron chi connectivity index (χ2n) is 6.13. The topological polar surface area (TPSA) is 123 Å². The van der Waals surface area contributed by atoms with Crippen molar-refractivity contribution in [2.75, 3.05) is 19.7 Å². The number of benzene rings is 2. The number of halogens is 3. The lowest BCUT2D eigenvalue weighted by Crippen LogP contribution is -2.44. The van der Waals surface area contributed by atoms with Gasteiger partial charge in [0.2, 0.25) is 0 Å². The van der Waals surface area contributed by atoms with E-state index in [4.69, 9.17) is 4.74 Å². The largest absolute Gasteiger partial charge is 0.457 e. The molecule has 0 aliphatic carbocycles. The summed E-state index contributed by atoms with van der Waals surface area (Å²) in [7, 11) is 0.